The third-order valence-electron chi connectivity index (χ3n) is 2.23. The lowest BCUT2D eigenvalue weighted by atomic mass is 10.3. The van der Waals surface area contributed by atoms with Gasteiger partial charge in [-0.1, -0.05) is 25.5 Å². The third kappa shape index (κ3) is 4.28. The Labute approximate surface area is 105 Å². The van der Waals surface area contributed by atoms with Crippen LogP contribution >= 0.6 is 0 Å². The van der Waals surface area contributed by atoms with Crippen LogP contribution in [0.4, 0.5) is 16.2 Å². The molecule has 7 heteroatoms. The molecule has 7 nitrogen and oxygen atoms in total. The van der Waals surface area contributed by atoms with Crippen molar-refractivity contribution >= 4 is 17.4 Å². The largest absolute Gasteiger partial charge is 0.337 e. The van der Waals surface area contributed by atoms with Gasteiger partial charge in [0.15, 0.2) is 0 Å². The second-order valence-electron chi connectivity index (χ2n) is 3.63. The number of urea groups is 1. The van der Waals surface area contributed by atoms with Crippen LogP contribution in [0.25, 0.3) is 0 Å². The van der Waals surface area contributed by atoms with E-state index in [0.717, 1.165) is 12.8 Å². The zero-order chi connectivity index (χ0) is 13.4. The zero-order valence-electron chi connectivity index (χ0n) is 10.1. The lowest BCUT2D eigenvalue weighted by Crippen LogP contribution is -2.39. The molecule has 0 saturated carbocycles. The smallest absolute Gasteiger partial charge is 0.333 e. The minimum Gasteiger partial charge on any atom is -0.337 e. The van der Waals surface area contributed by atoms with Crippen molar-refractivity contribution in [1.82, 2.24) is 10.7 Å². The highest BCUT2D eigenvalue weighted by Crippen LogP contribution is 2.21. The maximum atomic E-state index is 11.3. The lowest BCUT2D eigenvalue weighted by molar-refractivity contribution is -0.384. The van der Waals surface area contributed by atoms with E-state index in [2.05, 4.69) is 16.2 Å². The highest BCUT2D eigenvalue weighted by molar-refractivity contribution is 5.76. The molecule has 0 bridgehead atoms. The number of carbonyl (C=O) groups is 1. The summed E-state index contributed by atoms with van der Waals surface area (Å²) in [6, 6.07) is 5.67. The summed E-state index contributed by atoms with van der Waals surface area (Å²) in [5.41, 5.74) is 5.02. The number of nitrogens with zero attached hydrogens (tertiary/aromatic N) is 1. The summed E-state index contributed by atoms with van der Waals surface area (Å²) in [5.74, 6) is 0. The SMILES string of the molecule is CCCCNC(=O)NNc1ccccc1[N+](=O)[O-]. The highest BCUT2D eigenvalue weighted by atomic mass is 16.6. The summed E-state index contributed by atoms with van der Waals surface area (Å²) in [7, 11) is 0. The van der Waals surface area contributed by atoms with Gasteiger partial charge >= 0.3 is 6.03 Å². The van der Waals surface area contributed by atoms with Gasteiger partial charge in [0.1, 0.15) is 5.69 Å². The third-order valence-corrected chi connectivity index (χ3v) is 2.23. The Bertz CT molecular complexity index is 423. The number of para-hydroxylation sites is 2. The molecule has 1 aromatic rings. The molecule has 0 aliphatic carbocycles. The first-order valence-electron chi connectivity index (χ1n) is 5.68. The van der Waals surface area contributed by atoms with Crippen LogP contribution < -0.4 is 16.2 Å². The molecule has 0 radical (unpaired) electrons. The van der Waals surface area contributed by atoms with E-state index in [0.29, 0.717) is 6.54 Å². The molecule has 0 aliphatic heterocycles. The average Bonchev–Trinajstić information content (AvgIpc) is 2.37. The fourth-order valence-electron chi connectivity index (χ4n) is 1.29. The number of unbranched alkanes of at least 4 members (excludes halogenated alkanes) is 1. The fraction of sp³-hybridized carbons (Fsp3) is 0.364. The van der Waals surface area contributed by atoms with Crippen LogP contribution in [0.1, 0.15) is 19.8 Å². The molecule has 1 aromatic carbocycles. The minimum absolute atomic E-state index is 0.0913. The zero-order valence-corrected chi connectivity index (χ0v) is 10.1. The van der Waals surface area contributed by atoms with Crippen molar-refractivity contribution in [2.75, 3.05) is 12.0 Å². The van der Waals surface area contributed by atoms with E-state index in [1.54, 1.807) is 12.1 Å². The quantitative estimate of drug-likeness (QED) is 0.410. The van der Waals surface area contributed by atoms with Gasteiger partial charge in [0, 0.05) is 12.6 Å². The monoisotopic (exact) mass is 252 g/mol. The van der Waals surface area contributed by atoms with E-state index in [9.17, 15) is 14.9 Å². The summed E-state index contributed by atoms with van der Waals surface area (Å²) >= 11 is 0. The van der Waals surface area contributed by atoms with E-state index in [4.69, 9.17) is 0 Å². The number of rotatable bonds is 6. The summed E-state index contributed by atoms with van der Waals surface area (Å²) in [4.78, 5) is 21.5. The Morgan fingerprint density at radius 2 is 2.11 bits per heavy atom. The highest BCUT2D eigenvalue weighted by Gasteiger charge is 2.12. The molecule has 0 aliphatic rings. The Hall–Kier alpha value is -2.31. The molecule has 3 N–H and O–H groups in total. The predicted octanol–water partition coefficient (Wildman–Crippen LogP) is 2.02. The van der Waals surface area contributed by atoms with Gasteiger partial charge < -0.3 is 5.32 Å². The van der Waals surface area contributed by atoms with Crippen LogP contribution in [0.15, 0.2) is 24.3 Å². The molecule has 0 unspecified atom stereocenters. The molecule has 98 valence electrons. The molecule has 0 atom stereocenters. The van der Waals surface area contributed by atoms with Crippen LogP contribution in [0, 0.1) is 10.1 Å². The molecule has 0 heterocycles. The number of nitro groups is 1. The van der Waals surface area contributed by atoms with Gasteiger partial charge in [-0.15, -0.1) is 0 Å². The second-order valence-corrected chi connectivity index (χ2v) is 3.63. The van der Waals surface area contributed by atoms with Crippen LogP contribution in [0.2, 0.25) is 0 Å². The van der Waals surface area contributed by atoms with Gasteiger partial charge in [0.25, 0.3) is 5.69 Å². The average molecular weight is 252 g/mol. The van der Waals surface area contributed by atoms with E-state index >= 15 is 0 Å². The Morgan fingerprint density at radius 3 is 2.78 bits per heavy atom. The van der Waals surface area contributed by atoms with Crippen LogP contribution in [-0.4, -0.2) is 17.5 Å². The van der Waals surface area contributed by atoms with Gasteiger partial charge in [-0.25, -0.2) is 4.79 Å². The van der Waals surface area contributed by atoms with Gasteiger partial charge in [-0.3, -0.25) is 21.0 Å². The normalized spacial score (nSPS) is 9.61. The molecular weight excluding hydrogens is 236 g/mol. The first-order chi connectivity index (χ1) is 8.65. The topological polar surface area (TPSA) is 96.3 Å². The summed E-state index contributed by atoms with van der Waals surface area (Å²) < 4.78 is 0. The number of benzene rings is 1. The first kappa shape index (κ1) is 13.8. The molecule has 0 aromatic heterocycles. The van der Waals surface area contributed by atoms with Crippen molar-refractivity contribution in [3.63, 3.8) is 0 Å². The number of anilines is 1. The van der Waals surface area contributed by atoms with Gasteiger partial charge in [-0.2, -0.15) is 0 Å². The maximum absolute atomic E-state index is 11.3. The Balaban J connectivity index is 2.48. The van der Waals surface area contributed by atoms with E-state index in [-0.39, 0.29) is 11.4 Å². The van der Waals surface area contributed by atoms with Crippen molar-refractivity contribution in [2.24, 2.45) is 0 Å². The van der Waals surface area contributed by atoms with Crippen LogP contribution in [0.3, 0.4) is 0 Å². The molecule has 18 heavy (non-hydrogen) atoms. The van der Waals surface area contributed by atoms with E-state index in [1.165, 1.54) is 12.1 Å². The van der Waals surface area contributed by atoms with E-state index < -0.39 is 11.0 Å². The summed E-state index contributed by atoms with van der Waals surface area (Å²) in [6.45, 7) is 2.59. The molecule has 1 rings (SSSR count). The van der Waals surface area contributed by atoms with Gasteiger partial charge in [-0.05, 0) is 12.5 Å². The predicted molar refractivity (Wildman–Crippen MR) is 68.2 cm³/mol. The van der Waals surface area contributed by atoms with Crippen molar-refractivity contribution in [3.05, 3.63) is 34.4 Å². The van der Waals surface area contributed by atoms with Crippen molar-refractivity contribution < 1.29 is 9.72 Å². The van der Waals surface area contributed by atoms with Crippen molar-refractivity contribution in [1.29, 1.82) is 0 Å². The maximum Gasteiger partial charge on any atom is 0.333 e. The molecule has 0 fully saturated rings. The van der Waals surface area contributed by atoms with Gasteiger partial charge in [0.2, 0.25) is 0 Å². The first-order valence-corrected chi connectivity index (χ1v) is 5.68. The number of amides is 2. The molecular formula is C11H16N4O3. The van der Waals surface area contributed by atoms with Crippen LogP contribution in [0.5, 0.6) is 0 Å². The second kappa shape index (κ2) is 7.10. The standard InChI is InChI=1S/C11H16N4O3/c1-2-3-8-12-11(16)14-13-9-6-4-5-7-10(9)15(17)18/h4-7,13H,2-3,8H2,1H3,(H2,12,14,16). The molecule has 2 amide bonds. The number of hydrogen-bond donors (Lipinski definition) is 3. The number of carbonyl (C=O) groups excluding carboxylic acids is 1. The number of hydrazine groups is 1. The van der Waals surface area contributed by atoms with Crippen LogP contribution in [-0.2, 0) is 0 Å². The Morgan fingerprint density at radius 1 is 1.39 bits per heavy atom. The number of hydrogen-bond acceptors (Lipinski definition) is 4. The summed E-state index contributed by atoms with van der Waals surface area (Å²) in [6.07, 6.45) is 1.87. The molecule has 0 saturated heterocycles. The fourth-order valence-corrected chi connectivity index (χ4v) is 1.29. The summed E-state index contributed by atoms with van der Waals surface area (Å²) in [5, 5.41) is 13.3. The van der Waals surface area contributed by atoms with E-state index in [1.807, 2.05) is 6.92 Å². The number of nitro benzene ring substituents is 1. The lowest BCUT2D eigenvalue weighted by Gasteiger charge is -2.09. The van der Waals surface area contributed by atoms with Crippen molar-refractivity contribution in [3.8, 4) is 0 Å². The Kier molecular flexibility index (Phi) is 5.43. The number of nitrogens with one attached hydrogen (secondary N) is 3. The van der Waals surface area contributed by atoms with Crippen molar-refractivity contribution in [2.45, 2.75) is 19.8 Å². The minimum atomic E-state index is -0.515. The van der Waals surface area contributed by atoms with Gasteiger partial charge in [0.05, 0.1) is 4.92 Å². The molecule has 0 spiro atoms.